The number of carbonyl (C=O) groups is 1. The van der Waals surface area contributed by atoms with E-state index in [2.05, 4.69) is 46.5 Å². The Kier molecular flexibility index (Phi) is 8.09. The Morgan fingerprint density at radius 1 is 1.14 bits per heavy atom. The highest BCUT2D eigenvalue weighted by Crippen LogP contribution is 2.46. The molecule has 0 saturated carbocycles. The fourth-order valence-corrected chi connectivity index (χ4v) is 6.13. The summed E-state index contributed by atoms with van der Waals surface area (Å²) in [5.41, 5.74) is 7.21. The number of ether oxygens (including phenoxy) is 2. The molecule has 10 heteroatoms. The maximum atomic E-state index is 14.5. The molecule has 4 heterocycles. The first-order valence-corrected chi connectivity index (χ1v) is 14.5. The lowest BCUT2D eigenvalue weighted by Gasteiger charge is -2.19. The highest BCUT2D eigenvalue weighted by molar-refractivity contribution is 7.18. The molecule has 2 aromatic carbocycles. The molecule has 1 amide bonds. The first-order valence-electron chi connectivity index (χ1n) is 13.7. The molecule has 0 radical (unpaired) electrons. The summed E-state index contributed by atoms with van der Waals surface area (Å²) in [6.45, 7) is 6.13. The molecule has 3 aromatic heterocycles. The molecular weight excluding hydrogens is 553 g/mol. The molecular formula is C32H30FN5O3S. The van der Waals surface area contributed by atoms with Crippen LogP contribution in [0.4, 0.5) is 4.39 Å². The standard InChI is InChI=1S/C32H30FN5O3S/c1-3-28(39)36-18-27-35-17-25(37-27)31-29(23-7-6-22(33)15-26(23)41-12-11-40-2)32-24(9-13-42-32)30(38-31)20-4-5-21-16-34-10-8-19(21)14-20/h3-7,9,13-15,17,34H,1,8,10-12,16,18H2,2H3,(H,35,37)(H,36,39). The van der Waals surface area contributed by atoms with E-state index in [4.69, 9.17) is 19.4 Å². The van der Waals surface area contributed by atoms with E-state index in [0.29, 0.717) is 35.1 Å². The van der Waals surface area contributed by atoms with Crippen molar-refractivity contribution in [2.75, 3.05) is 26.9 Å². The number of carbonyl (C=O) groups excluding carboxylic acids is 1. The topological polar surface area (TPSA) is 101 Å². The van der Waals surface area contributed by atoms with E-state index in [-0.39, 0.29) is 19.1 Å². The number of hydrogen-bond acceptors (Lipinski definition) is 7. The molecule has 1 aliphatic rings. The molecule has 214 valence electrons. The van der Waals surface area contributed by atoms with Gasteiger partial charge in [-0.3, -0.25) is 4.79 Å². The fourth-order valence-electron chi connectivity index (χ4n) is 5.18. The van der Waals surface area contributed by atoms with E-state index in [1.165, 1.54) is 29.3 Å². The summed E-state index contributed by atoms with van der Waals surface area (Å²) in [7, 11) is 1.59. The Bertz CT molecular complexity index is 1780. The van der Waals surface area contributed by atoms with Crippen LogP contribution in [0.2, 0.25) is 0 Å². The zero-order valence-electron chi connectivity index (χ0n) is 23.1. The van der Waals surface area contributed by atoms with Crippen LogP contribution < -0.4 is 15.4 Å². The minimum Gasteiger partial charge on any atom is -0.490 e. The Balaban J connectivity index is 1.55. The SMILES string of the molecule is C=CC(=O)NCc1nc(-c2nc(-c3ccc4c(c3)CCNC4)c3ccsc3c2-c2ccc(F)cc2OCCOC)c[nH]1. The average Bonchev–Trinajstić information content (AvgIpc) is 3.70. The van der Waals surface area contributed by atoms with Crippen LogP contribution in [0.3, 0.4) is 0 Å². The molecule has 0 atom stereocenters. The minimum absolute atomic E-state index is 0.203. The molecule has 8 nitrogen and oxygen atoms in total. The quantitative estimate of drug-likeness (QED) is 0.146. The molecule has 5 aromatic rings. The highest BCUT2D eigenvalue weighted by atomic mass is 32.1. The van der Waals surface area contributed by atoms with Crippen molar-refractivity contribution >= 4 is 27.3 Å². The van der Waals surface area contributed by atoms with Gasteiger partial charge in [-0.15, -0.1) is 11.3 Å². The Hall–Kier alpha value is -4.38. The number of aromatic nitrogens is 3. The molecule has 42 heavy (non-hydrogen) atoms. The van der Waals surface area contributed by atoms with Gasteiger partial charge in [-0.05, 0) is 59.8 Å². The number of fused-ring (bicyclic) bond motifs is 2. The largest absolute Gasteiger partial charge is 0.490 e. The summed E-state index contributed by atoms with van der Waals surface area (Å²) in [5.74, 6) is 0.273. The number of halogens is 1. The van der Waals surface area contributed by atoms with Gasteiger partial charge in [-0.1, -0.05) is 18.7 Å². The molecule has 0 fully saturated rings. The predicted octanol–water partition coefficient (Wildman–Crippen LogP) is 5.63. The van der Waals surface area contributed by atoms with E-state index in [0.717, 1.165) is 46.4 Å². The number of nitrogens with zero attached hydrogens (tertiary/aromatic N) is 2. The summed E-state index contributed by atoms with van der Waals surface area (Å²) in [6.07, 6.45) is 3.95. The molecule has 0 saturated heterocycles. The third-order valence-electron chi connectivity index (χ3n) is 7.22. The number of pyridine rings is 1. The zero-order chi connectivity index (χ0) is 29.1. The second-order valence-corrected chi connectivity index (χ2v) is 10.8. The molecule has 0 aliphatic carbocycles. The van der Waals surface area contributed by atoms with Gasteiger partial charge in [0, 0.05) is 52.7 Å². The second kappa shape index (κ2) is 12.2. The van der Waals surface area contributed by atoms with E-state index in [9.17, 15) is 9.18 Å². The third-order valence-corrected chi connectivity index (χ3v) is 8.15. The first-order chi connectivity index (χ1) is 20.6. The van der Waals surface area contributed by atoms with E-state index in [1.807, 2.05) is 5.38 Å². The monoisotopic (exact) mass is 583 g/mol. The summed E-state index contributed by atoms with van der Waals surface area (Å²) < 4.78 is 26.6. The highest BCUT2D eigenvalue weighted by Gasteiger charge is 2.24. The van der Waals surface area contributed by atoms with Crippen molar-refractivity contribution < 1.29 is 18.7 Å². The number of thiophene rings is 1. The third kappa shape index (κ3) is 5.56. The second-order valence-electron chi connectivity index (χ2n) is 9.89. The lowest BCUT2D eigenvalue weighted by molar-refractivity contribution is -0.116. The van der Waals surface area contributed by atoms with E-state index in [1.54, 1.807) is 30.7 Å². The summed E-state index contributed by atoms with van der Waals surface area (Å²) >= 11 is 1.59. The lowest BCUT2D eigenvalue weighted by Crippen LogP contribution is -2.23. The maximum Gasteiger partial charge on any atom is 0.243 e. The van der Waals surface area contributed by atoms with E-state index >= 15 is 0 Å². The van der Waals surface area contributed by atoms with Crippen LogP contribution in [-0.2, 0) is 29.0 Å². The lowest BCUT2D eigenvalue weighted by atomic mass is 9.94. The van der Waals surface area contributed by atoms with Crippen molar-refractivity contribution in [1.29, 1.82) is 0 Å². The van der Waals surface area contributed by atoms with Crippen LogP contribution in [0.25, 0.3) is 43.9 Å². The van der Waals surface area contributed by atoms with Crippen molar-refractivity contribution in [3.63, 3.8) is 0 Å². The van der Waals surface area contributed by atoms with Gasteiger partial charge in [0.1, 0.15) is 35.4 Å². The van der Waals surface area contributed by atoms with Crippen molar-refractivity contribution in [3.8, 4) is 39.5 Å². The normalized spacial score (nSPS) is 12.7. The maximum absolute atomic E-state index is 14.5. The molecule has 0 spiro atoms. The fraction of sp³-hybridized carbons (Fsp3) is 0.219. The average molecular weight is 584 g/mol. The van der Waals surface area contributed by atoms with Crippen molar-refractivity contribution in [2.45, 2.75) is 19.5 Å². The number of imidazole rings is 1. The number of hydrogen-bond donors (Lipinski definition) is 3. The number of rotatable bonds is 10. The van der Waals surface area contributed by atoms with Gasteiger partial charge in [0.15, 0.2) is 0 Å². The van der Waals surface area contributed by atoms with Gasteiger partial charge < -0.3 is 25.1 Å². The van der Waals surface area contributed by atoms with Crippen LogP contribution in [0.15, 0.2) is 66.7 Å². The van der Waals surface area contributed by atoms with Gasteiger partial charge in [-0.2, -0.15) is 0 Å². The number of aromatic amines is 1. The van der Waals surface area contributed by atoms with Gasteiger partial charge in [-0.25, -0.2) is 14.4 Å². The Morgan fingerprint density at radius 2 is 2.05 bits per heavy atom. The van der Waals surface area contributed by atoms with Gasteiger partial charge >= 0.3 is 0 Å². The predicted molar refractivity (Wildman–Crippen MR) is 163 cm³/mol. The van der Waals surface area contributed by atoms with Crippen LogP contribution in [-0.4, -0.2) is 47.7 Å². The van der Waals surface area contributed by atoms with E-state index < -0.39 is 5.82 Å². The van der Waals surface area contributed by atoms with Gasteiger partial charge in [0.05, 0.1) is 18.8 Å². The van der Waals surface area contributed by atoms with Crippen LogP contribution >= 0.6 is 11.3 Å². The zero-order valence-corrected chi connectivity index (χ0v) is 23.9. The van der Waals surface area contributed by atoms with Crippen molar-refractivity contribution in [1.82, 2.24) is 25.6 Å². The Labute approximate surface area is 246 Å². The van der Waals surface area contributed by atoms with Crippen molar-refractivity contribution in [3.05, 3.63) is 89.5 Å². The summed E-state index contributed by atoms with van der Waals surface area (Å²) in [4.78, 5) is 25.0. The van der Waals surface area contributed by atoms with Crippen molar-refractivity contribution in [2.24, 2.45) is 0 Å². The smallest absolute Gasteiger partial charge is 0.243 e. The number of methoxy groups -OCH3 is 1. The van der Waals surface area contributed by atoms with Gasteiger partial charge in [0.2, 0.25) is 5.91 Å². The number of H-pyrrole nitrogens is 1. The van der Waals surface area contributed by atoms with Gasteiger partial charge in [0.25, 0.3) is 0 Å². The number of nitrogens with one attached hydrogen (secondary N) is 3. The minimum atomic E-state index is -0.400. The number of amides is 1. The van der Waals surface area contributed by atoms with Crippen LogP contribution in [0.5, 0.6) is 5.75 Å². The van der Waals surface area contributed by atoms with Crippen LogP contribution in [0.1, 0.15) is 17.0 Å². The first kappa shape index (κ1) is 27.8. The summed E-state index contributed by atoms with van der Waals surface area (Å²) in [5, 5.41) is 9.21. The molecule has 3 N–H and O–H groups in total. The summed E-state index contributed by atoms with van der Waals surface area (Å²) in [6, 6.07) is 13.1. The molecule has 6 rings (SSSR count). The number of benzene rings is 2. The molecule has 1 aliphatic heterocycles. The molecule has 0 unspecified atom stereocenters. The van der Waals surface area contributed by atoms with Crippen LogP contribution in [0, 0.1) is 5.82 Å². The molecule has 0 bridgehead atoms. The Morgan fingerprint density at radius 3 is 2.90 bits per heavy atom.